The largest absolute Gasteiger partial charge is 0.573 e. The molecular weight excluding hydrogens is 361 g/mol. The maximum atomic E-state index is 12.7. The maximum absolute atomic E-state index is 12.7. The van der Waals surface area contributed by atoms with Crippen molar-refractivity contribution in [1.82, 2.24) is 4.90 Å². The highest BCUT2D eigenvalue weighted by Gasteiger charge is 2.31. The van der Waals surface area contributed by atoms with Crippen LogP contribution in [0.3, 0.4) is 0 Å². The Hall–Kier alpha value is -3.29. The van der Waals surface area contributed by atoms with Crippen molar-refractivity contribution in [2.24, 2.45) is 0 Å². The number of halogens is 3. The highest BCUT2D eigenvalue weighted by atomic mass is 19.4. The summed E-state index contributed by atoms with van der Waals surface area (Å²) in [5, 5.41) is 2.55. The average molecular weight is 378 g/mol. The van der Waals surface area contributed by atoms with Gasteiger partial charge in [-0.25, -0.2) is 0 Å². The number of hydrogen-bond donors (Lipinski definition) is 1. The maximum Gasteiger partial charge on any atom is 0.573 e. The Bertz CT molecular complexity index is 850. The van der Waals surface area contributed by atoms with Gasteiger partial charge in [-0.05, 0) is 35.9 Å². The molecule has 0 aliphatic heterocycles. The molecule has 0 saturated heterocycles. The second-order valence-electron chi connectivity index (χ2n) is 5.60. The van der Waals surface area contributed by atoms with Crippen LogP contribution in [0.4, 0.5) is 18.9 Å². The van der Waals surface area contributed by atoms with Crippen molar-refractivity contribution in [2.75, 3.05) is 12.4 Å². The summed E-state index contributed by atoms with van der Waals surface area (Å²) in [6.07, 6.45) is -3.71. The fourth-order valence-electron chi connectivity index (χ4n) is 2.35. The average Bonchev–Trinajstić information content (AvgIpc) is 2.60. The monoisotopic (exact) mass is 378 g/mol. The lowest BCUT2D eigenvalue weighted by Crippen LogP contribution is -2.27. The fourth-order valence-corrected chi connectivity index (χ4v) is 2.35. The van der Waals surface area contributed by atoms with E-state index in [1.165, 1.54) is 30.1 Å². The minimum absolute atomic E-state index is 0.0532. The smallest absolute Gasteiger partial charge is 0.406 e. The number of para-hydroxylation sites is 1. The van der Waals surface area contributed by atoms with Crippen LogP contribution < -0.4 is 10.1 Å². The van der Waals surface area contributed by atoms with Crippen molar-refractivity contribution in [1.29, 1.82) is 0 Å². The molecule has 142 valence electrons. The lowest BCUT2D eigenvalue weighted by atomic mass is 10.1. The number of nitrogens with zero attached hydrogens (tertiary/aromatic N) is 1. The van der Waals surface area contributed by atoms with Crippen LogP contribution in [0.25, 0.3) is 0 Å². The molecule has 5 nitrogen and oxygen atoms in total. The highest BCUT2D eigenvalue weighted by Crippen LogP contribution is 2.24. The number of carbonyl (C=O) groups is 2. The predicted molar refractivity (Wildman–Crippen MR) is 94.2 cm³/mol. The van der Waals surface area contributed by atoms with Gasteiger partial charge in [0.25, 0.3) is 5.91 Å². The van der Waals surface area contributed by atoms with E-state index in [0.717, 1.165) is 6.08 Å². The summed E-state index contributed by atoms with van der Waals surface area (Å²) in [6, 6.07) is 11.8. The van der Waals surface area contributed by atoms with Crippen molar-refractivity contribution in [3.05, 3.63) is 72.3 Å². The van der Waals surface area contributed by atoms with Gasteiger partial charge in [-0.15, -0.1) is 13.2 Å². The number of hydrogen-bond acceptors (Lipinski definition) is 3. The van der Waals surface area contributed by atoms with Gasteiger partial charge in [0, 0.05) is 13.6 Å². The molecule has 2 rings (SSSR count). The van der Waals surface area contributed by atoms with E-state index < -0.39 is 18.2 Å². The Labute approximate surface area is 154 Å². The number of alkyl halides is 3. The second-order valence-corrected chi connectivity index (χ2v) is 5.60. The molecule has 0 radical (unpaired) electrons. The zero-order chi connectivity index (χ0) is 20.0. The van der Waals surface area contributed by atoms with Crippen molar-refractivity contribution in [3.63, 3.8) is 0 Å². The molecule has 1 N–H and O–H groups in total. The quantitative estimate of drug-likeness (QED) is 0.774. The van der Waals surface area contributed by atoms with Crippen LogP contribution in [0.15, 0.2) is 61.2 Å². The molecule has 0 saturated carbocycles. The lowest BCUT2D eigenvalue weighted by Gasteiger charge is -2.20. The molecule has 2 aromatic rings. The van der Waals surface area contributed by atoms with E-state index >= 15 is 0 Å². The SMILES string of the molecule is C=CC(=O)Nc1ccccc1C(=O)N(C)Cc1cccc(OC(F)(F)F)c1. The Morgan fingerprint density at radius 1 is 1.19 bits per heavy atom. The normalized spacial score (nSPS) is 10.8. The van der Waals surface area contributed by atoms with Gasteiger partial charge in [-0.2, -0.15) is 0 Å². The molecule has 0 fully saturated rings. The van der Waals surface area contributed by atoms with Crippen molar-refractivity contribution in [3.8, 4) is 5.75 Å². The molecule has 0 aliphatic carbocycles. The highest BCUT2D eigenvalue weighted by molar-refractivity contribution is 6.06. The van der Waals surface area contributed by atoms with E-state index in [1.54, 1.807) is 30.3 Å². The van der Waals surface area contributed by atoms with Gasteiger partial charge in [-0.3, -0.25) is 9.59 Å². The molecule has 0 unspecified atom stereocenters. The van der Waals surface area contributed by atoms with Crippen LogP contribution in [0.1, 0.15) is 15.9 Å². The van der Waals surface area contributed by atoms with Gasteiger partial charge in [-0.1, -0.05) is 30.8 Å². The Morgan fingerprint density at radius 3 is 2.56 bits per heavy atom. The first kappa shape index (κ1) is 20.0. The number of nitrogens with one attached hydrogen (secondary N) is 1. The Kier molecular flexibility index (Phi) is 6.23. The van der Waals surface area contributed by atoms with Crippen molar-refractivity contribution < 1.29 is 27.5 Å². The first-order valence-electron chi connectivity index (χ1n) is 7.82. The van der Waals surface area contributed by atoms with E-state index in [-0.39, 0.29) is 17.9 Å². The van der Waals surface area contributed by atoms with Gasteiger partial charge < -0.3 is 15.0 Å². The summed E-state index contributed by atoms with van der Waals surface area (Å²) in [5.74, 6) is -1.23. The van der Waals surface area contributed by atoms with Crippen LogP contribution in [0.2, 0.25) is 0 Å². The molecule has 27 heavy (non-hydrogen) atoms. The van der Waals surface area contributed by atoms with Gasteiger partial charge in [0.1, 0.15) is 5.75 Å². The van der Waals surface area contributed by atoms with E-state index in [0.29, 0.717) is 11.3 Å². The molecule has 0 heterocycles. The molecule has 8 heteroatoms. The standard InChI is InChI=1S/C19H17F3N2O3/c1-3-17(25)23-16-10-5-4-9-15(16)18(26)24(2)12-13-7-6-8-14(11-13)27-19(20,21)22/h3-11H,1,12H2,2H3,(H,23,25). The van der Waals surface area contributed by atoms with Crippen molar-refractivity contribution in [2.45, 2.75) is 12.9 Å². The molecule has 2 amide bonds. The minimum Gasteiger partial charge on any atom is -0.406 e. The topological polar surface area (TPSA) is 58.6 Å². The molecule has 0 spiro atoms. The second kappa shape index (κ2) is 8.39. The third-order valence-electron chi connectivity index (χ3n) is 3.50. The number of ether oxygens (including phenoxy) is 1. The number of anilines is 1. The van der Waals surface area contributed by atoms with E-state index in [4.69, 9.17) is 0 Å². The number of carbonyl (C=O) groups excluding carboxylic acids is 2. The van der Waals surface area contributed by atoms with Crippen LogP contribution >= 0.6 is 0 Å². The summed E-state index contributed by atoms with van der Waals surface area (Å²) >= 11 is 0. The summed E-state index contributed by atoms with van der Waals surface area (Å²) in [6.45, 7) is 3.41. The van der Waals surface area contributed by atoms with Crippen LogP contribution in [0, 0.1) is 0 Å². The third-order valence-corrected chi connectivity index (χ3v) is 3.50. The van der Waals surface area contributed by atoms with Gasteiger partial charge >= 0.3 is 6.36 Å². The predicted octanol–water partition coefficient (Wildman–Crippen LogP) is 3.98. The molecular formula is C19H17F3N2O3. The number of benzene rings is 2. The fraction of sp³-hybridized carbons (Fsp3) is 0.158. The van der Waals surface area contributed by atoms with Gasteiger partial charge in [0.05, 0.1) is 11.3 Å². The summed E-state index contributed by atoms with van der Waals surface area (Å²) < 4.78 is 40.9. The minimum atomic E-state index is -4.79. The van der Waals surface area contributed by atoms with Gasteiger partial charge in [0.15, 0.2) is 0 Å². The summed E-state index contributed by atoms with van der Waals surface area (Å²) in [7, 11) is 1.51. The molecule has 0 bridgehead atoms. The zero-order valence-corrected chi connectivity index (χ0v) is 14.4. The van der Waals surface area contributed by atoms with Crippen molar-refractivity contribution >= 4 is 17.5 Å². The lowest BCUT2D eigenvalue weighted by molar-refractivity contribution is -0.274. The Balaban J connectivity index is 2.16. The number of amides is 2. The van der Waals surface area contributed by atoms with Crippen LogP contribution in [-0.2, 0) is 11.3 Å². The first-order chi connectivity index (χ1) is 12.7. The molecule has 0 aliphatic rings. The van der Waals surface area contributed by atoms with E-state index in [1.807, 2.05) is 0 Å². The Morgan fingerprint density at radius 2 is 1.89 bits per heavy atom. The molecule has 0 atom stereocenters. The van der Waals surface area contributed by atoms with Crippen LogP contribution in [0.5, 0.6) is 5.75 Å². The van der Waals surface area contributed by atoms with Crippen LogP contribution in [-0.4, -0.2) is 30.1 Å². The summed E-state index contributed by atoms with van der Waals surface area (Å²) in [5.41, 5.74) is 1.02. The first-order valence-corrected chi connectivity index (χ1v) is 7.82. The van der Waals surface area contributed by atoms with E-state index in [9.17, 15) is 22.8 Å². The molecule has 0 aromatic heterocycles. The molecule has 2 aromatic carbocycles. The third kappa shape index (κ3) is 5.88. The summed E-state index contributed by atoms with van der Waals surface area (Å²) in [4.78, 5) is 25.5. The number of rotatable bonds is 6. The zero-order valence-electron chi connectivity index (χ0n) is 14.4. The van der Waals surface area contributed by atoms with Gasteiger partial charge in [0.2, 0.25) is 5.91 Å². The van der Waals surface area contributed by atoms with E-state index in [2.05, 4.69) is 16.6 Å².